The first-order chi connectivity index (χ1) is 15.9. The van der Waals surface area contributed by atoms with Gasteiger partial charge in [0.1, 0.15) is 30.3 Å². The van der Waals surface area contributed by atoms with Crippen LogP contribution < -0.4 is 10.7 Å². The minimum Gasteiger partial charge on any atom is -0.408 e. The van der Waals surface area contributed by atoms with Crippen molar-refractivity contribution in [3.05, 3.63) is 64.4 Å². The number of benzene rings is 1. The monoisotopic (exact) mass is 447 g/mol. The summed E-state index contributed by atoms with van der Waals surface area (Å²) >= 11 is 0. The van der Waals surface area contributed by atoms with E-state index in [1.807, 2.05) is 37.5 Å². The van der Waals surface area contributed by atoms with Crippen LogP contribution in [0.1, 0.15) is 17.2 Å². The number of oxazole rings is 1. The molecule has 10 nitrogen and oxygen atoms in total. The number of nitrogens with zero attached hydrogens (tertiary/aromatic N) is 7. The molecule has 5 rings (SSSR count). The number of aromatic nitrogens is 5. The van der Waals surface area contributed by atoms with Crippen molar-refractivity contribution < 1.29 is 9.21 Å². The van der Waals surface area contributed by atoms with Crippen LogP contribution in [-0.4, -0.2) is 61.1 Å². The zero-order valence-electron chi connectivity index (χ0n) is 18.9. The zero-order valence-corrected chi connectivity index (χ0v) is 18.9. The van der Waals surface area contributed by atoms with Crippen molar-refractivity contribution >= 4 is 22.8 Å². The molecule has 0 saturated carbocycles. The number of rotatable bonds is 4. The summed E-state index contributed by atoms with van der Waals surface area (Å²) in [5.74, 6) is 1.66. The lowest BCUT2D eigenvalue weighted by molar-refractivity contribution is -0.132. The Labute approximate surface area is 190 Å². The van der Waals surface area contributed by atoms with Gasteiger partial charge in [-0.15, -0.1) is 0 Å². The number of amides is 1. The molecule has 0 atom stereocenters. The highest BCUT2D eigenvalue weighted by atomic mass is 16.4. The molecule has 0 N–H and O–H groups in total. The number of para-hydroxylation sites is 2. The van der Waals surface area contributed by atoms with Gasteiger partial charge in [0, 0.05) is 37.9 Å². The third kappa shape index (κ3) is 3.88. The van der Waals surface area contributed by atoms with Crippen molar-refractivity contribution in [1.29, 1.82) is 0 Å². The standard InChI is InChI=1S/C23H25N7O3/c1-15-16(2)30(14-24-15)21-12-20(25-17(3)26-21)27-8-10-28(11-9-27)22(31)13-29-18-6-4-5-7-19(18)33-23(29)32/h4-7,12,14H,8-11,13H2,1-3H3. The summed E-state index contributed by atoms with van der Waals surface area (Å²) in [6.45, 7) is 8.20. The molecule has 0 radical (unpaired) electrons. The number of hydrogen-bond donors (Lipinski definition) is 0. The van der Waals surface area contributed by atoms with Gasteiger partial charge in [0.2, 0.25) is 5.91 Å². The summed E-state index contributed by atoms with van der Waals surface area (Å²) in [5, 5.41) is 0. The summed E-state index contributed by atoms with van der Waals surface area (Å²) in [7, 11) is 0. The van der Waals surface area contributed by atoms with Gasteiger partial charge in [0.05, 0.1) is 11.2 Å². The average Bonchev–Trinajstić information content (AvgIpc) is 3.32. The molecular weight excluding hydrogens is 422 g/mol. The van der Waals surface area contributed by atoms with Crippen LogP contribution >= 0.6 is 0 Å². The molecule has 170 valence electrons. The smallest absolute Gasteiger partial charge is 0.408 e. The van der Waals surface area contributed by atoms with Gasteiger partial charge < -0.3 is 14.2 Å². The van der Waals surface area contributed by atoms with Gasteiger partial charge >= 0.3 is 5.76 Å². The lowest BCUT2D eigenvalue weighted by atomic mass is 10.3. The highest BCUT2D eigenvalue weighted by Crippen LogP contribution is 2.20. The van der Waals surface area contributed by atoms with Crippen LogP contribution in [0, 0.1) is 20.8 Å². The molecule has 4 heterocycles. The molecule has 0 unspecified atom stereocenters. The molecule has 33 heavy (non-hydrogen) atoms. The fourth-order valence-corrected chi connectivity index (χ4v) is 4.14. The van der Waals surface area contributed by atoms with E-state index >= 15 is 0 Å². The third-order valence-electron chi connectivity index (χ3n) is 6.13. The van der Waals surface area contributed by atoms with Crippen LogP contribution in [0.15, 0.2) is 45.9 Å². The maximum Gasteiger partial charge on any atom is 0.420 e. The zero-order chi connectivity index (χ0) is 23.1. The SMILES string of the molecule is Cc1nc(N2CCN(C(=O)Cn3c(=O)oc4ccccc43)CC2)cc(-n2cnc(C)c2C)n1. The molecule has 1 aliphatic rings. The first-order valence-corrected chi connectivity index (χ1v) is 10.9. The Balaban J connectivity index is 1.29. The van der Waals surface area contributed by atoms with E-state index < -0.39 is 5.76 Å². The minimum absolute atomic E-state index is 0.0358. The van der Waals surface area contributed by atoms with Crippen LogP contribution in [0.25, 0.3) is 16.9 Å². The Hall–Kier alpha value is -3.95. The van der Waals surface area contributed by atoms with E-state index in [4.69, 9.17) is 4.42 Å². The molecule has 1 aromatic carbocycles. The highest BCUT2D eigenvalue weighted by molar-refractivity contribution is 5.79. The number of fused-ring (bicyclic) bond motifs is 1. The summed E-state index contributed by atoms with van der Waals surface area (Å²) < 4.78 is 8.59. The van der Waals surface area contributed by atoms with Gasteiger partial charge in [0.15, 0.2) is 5.58 Å². The number of piperazine rings is 1. The molecule has 0 spiro atoms. The van der Waals surface area contributed by atoms with E-state index in [9.17, 15) is 9.59 Å². The second-order valence-electron chi connectivity index (χ2n) is 8.21. The van der Waals surface area contributed by atoms with Gasteiger partial charge in [-0.25, -0.2) is 19.7 Å². The maximum absolute atomic E-state index is 12.9. The molecule has 0 bridgehead atoms. The van der Waals surface area contributed by atoms with E-state index in [0.717, 1.165) is 23.0 Å². The summed E-state index contributed by atoms with van der Waals surface area (Å²) in [5.41, 5.74) is 3.11. The van der Waals surface area contributed by atoms with Crippen molar-refractivity contribution in [3.8, 4) is 5.82 Å². The maximum atomic E-state index is 12.9. The molecule has 3 aromatic heterocycles. The van der Waals surface area contributed by atoms with Crippen molar-refractivity contribution in [2.75, 3.05) is 31.1 Å². The van der Waals surface area contributed by atoms with Crippen LogP contribution in [0.2, 0.25) is 0 Å². The number of carbonyl (C=O) groups excluding carboxylic acids is 1. The number of aryl methyl sites for hydroxylation is 2. The molecule has 4 aromatic rings. The van der Waals surface area contributed by atoms with Crippen LogP contribution in [-0.2, 0) is 11.3 Å². The normalized spacial score (nSPS) is 14.3. The van der Waals surface area contributed by atoms with Crippen LogP contribution in [0.4, 0.5) is 5.82 Å². The van der Waals surface area contributed by atoms with Gasteiger partial charge in [-0.1, -0.05) is 12.1 Å². The highest BCUT2D eigenvalue weighted by Gasteiger charge is 2.24. The van der Waals surface area contributed by atoms with Crippen LogP contribution in [0.3, 0.4) is 0 Å². The van der Waals surface area contributed by atoms with Gasteiger partial charge in [-0.3, -0.25) is 13.9 Å². The Morgan fingerprint density at radius 3 is 2.48 bits per heavy atom. The van der Waals surface area contributed by atoms with Crippen molar-refractivity contribution in [3.63, 3.8) is 0 Å². The largest absolute Gasteiger partial charge is 0.420 e. The van der Waals surface area contributed by atoms with Crippen molar-refractivity contribution in [1.82, 2.24) is 29.0 Å². The Morgan fingerprint density at radius 1 is 1.03 bits per heavy atom. The van der Waals surface area contributed by atoms with Gasteiger partial charge in [-0.05, 0) is 32.9 Å². The van der Waals surface area contributed by atoms with Gasteiger partial charge in [0.25, 0.3) is 0 Å². The Bertz CT molecular complexity index is 1390. The van der Waals surface area contributed by atoms with E-state index in [1.54, 1.807) is 29.4 Å². The first-order valence-electron chi connectivity index (χ1n) is 10.9. The molecule has 1 amide bonds. The van der Waals surface area contributed by atoms with Gasteiger partial charge in [-0.2, -0.15) is 0 Å². The van der Waals surface area contributed by atoms with E-state index in [1.165, 1.54) is 4.57 Å². The molecule has 10 heteroatoms. The lowest BCUT2D eigenvalue weighted by Crippen LogP contribution is -2.50. The molecule has 0 aliphatic carbocycles. The summed E-state index contributed by atoms with van der Waals surface area (Å²) in [6, 6.07) is 9.08. The fraction of sp³-hybridized carbons (Fsp3) is 0.348. The minimum atomic E-state index is -0.516. The van der Waals surface area contributed by atoms with E-state index in [0.29, 0.717) is 43.1 Å². The van der Waals surface area contributed by atoms with E-state index in [2.05, 4.69) is 19.9 Å². The topological polar surface area (TPSA) is 102 Å². The fourth-order valence-electron chi connectivity index (χ4n) is 4.14. The summed E-state index contributed by atoms with van der Waals surface area (Å²) in [6.07, 6.45) is 1.77. The second kappa shape index (κ2) is 8.19. The number of imidazole rings is 1. The third-order valence-corrected chi connectivity index (χ3v) is 6.13. The number of anilines is 1. The molecular formula is C23H25N7O3. The predicted molar refractivity (Wildman–Crippen MR) is 123 cm³/mol. The summed E-state index contributed by atoms with van der Waals surface area (Å²) in [4.78, 5) is 42.6. The van der Waals surface area contributed by atoms with E-state index in [-0.39, 0.29) is 12.5 Å². The van der Waals surface area contributed by atoms with Crippen molar-refractivity contribution in [2.45, 2.75) is 27.3 Å². The molecule has 1 saturated heterocycles. The first kappa shape index (κ1) is 20.9. The number of hydrogen-bond acceptors (Lipinski definition) is 7. The lowest BCUT2D eigenvalue weighted by Gasteiger charge is -2.35. The van der Waals surface area contributed by atoms with Crippen LogP contribution in [0.5, 0.6) is 0 Å². The molecule has 1 aliphatic heterocycles. The predicted octanol–water partition coefficient (Wildman–Crippen LogP) is 1.84. The number of carbonyl (C=O) groups is 1. The second-order valence-corrected chi connectivity index (χ2v) is 8.21. The molecule has 1 fully saturated rings. The Kier molecular flexibility index (Phi) is 5.20. The van der Waals surface area contributed by atoms with Crippen molar-refractivity contribution in [2.24, 2.45) is 0 Å². The quantitative estimate of drug-likeness (QED) is 0.470. The average molecular weight is 447 g/mol. The Morgan fingerprint density at radius 2 is 1.76 bits per heavy atom.